The summed E-state index contributed by atoms with van der Waals surface area (Å²) >= 11 is 1.63. The van der Waals surface area contributed by atoms with Crippen LogP contribution in [0.15, 0.2) is 59.4 Å². The molecule has 3 rings (SSSR count). The number of pyridine rings is 1. The number of aromatic nitrogens is 1. The molecule has 2 aromatic heterocycles. The van der Waals surface area contributed by atoms with Crippen LogP contribution in [-0.2, 0) is 6.54 Å². The van der Waals surface area contributed by atoms with Crippen molar-refractivity contribution >= 4 is 17.2 Å². The van der Waals surface area contributed by atoms with Crippen LogP contribution < -0.4 is 5.32 Å². The van der Waals surface area contributed by atoms with Crippen LogP contribution in [0.2, 0.25) is 0 Å². The highest BCUT2D eigenvalue weighted by Crippen LogP contribution is 2.19. The zero-order valence-electron chi connectivity index (χ0n) is 12.2. The van der Waals surface area contributed by atoms with Crippen molar-refractivity contribution in [3.63, 3.8) is 0 Å². The lowest BCUT2D eigenvalue weighted by Crippen LogP contribution is -2.22. The van der Waals surface area contributed by atoms with Gasteiger partial charge in [0, 0.05) is 23.7 Å². The van der Waals surface area contributed by atoms with Crippen LogP contribution in [0.3, 0.4) is 0 Å². The first-order valence-electron chi connectivity index (χ1n) is 7.05. The van der Waals surface area contributed by atoms with E-state index >= 15 is 0 Å². The number of nitrogens with zero attached hydrogens (tertiary/aromatic N) is 1. The summed E-state index contributed by atoms with van der Waals surface area (Å²) in [5, 5.41) is 6.97. The normalized spacial score (nSPS) is 10.4. The van der Waals surface area contributed by atoms with Gasteiger partial charge < -0.3 is 5.32 Å². The number of carbonyl (C=O) groups excluding carboxylic acids is 1. The third-order valence-electron chi connectivity index (χ3n) is 3.38. The molecule has 0 aliphatic carbocycles. The van der Waals surface area contributed by atoms with E-state index in [4.69, 9.17) is 0 Å². The van der Waals surface area contributed by atoms with E-state index in [0.717, 1.165) is 16.8 Å². The molecule has 4 heteroatoms. The molecule has 0 fully saturated rings. The number of benzene rings is 1. The van der Waals surface area contributed by atoms with Gasteiger partial charge in [-0.25, -0.2) is 0 Å². The Morgan fingerprint density at radius 2 is 2.14 bits per heavy atom. The van der Waals surface area contributed by atoms with Gasteiger partial charge in [0.2, 0.25) is 0 Å². The topological polar surface area (TPSA) is 42.0 Å². The summed E-state index contributed by atoms with van der Waals surface area (Å²) in [5.41, 5.74) is 4.82. The third kappa shape index (κ3) is 3.40. The number of rotatable bonds is 4. The van der Waals surface area contributed by atoms with Crippen LogP contribution in [-0.4, -0.2) is 10.9 Å². The second-order valence-corrected chi connectivity index (χ2v) is 5.90. The van der Waals surface area contributed by atoms with Crippen LogP contribution in [0.25, 0.3) is 11.3 Å². The maximum Gasteiger partial charge on any atom is 0.253 e. The van der Waals surface area contributed by atoms with Gasteiger partial charge >= 0.3 is 0 Å². The summed E-state index contributed by atoms with van der Waals surface area (Å²) in [6, 6.07) is 13.8. The molecule has 3 nitrogen and oxygen atoms in total. The van der Waals surface area contributed by atoms with Crippen molar-refractivity contribution in [2.24, 2.45) is 0 Å². The average molecular weight is 308 g/mol. The fraction of sp³-hybridized carbons (Fsp3) is 0.111. The maximum absolute atomic E-state index is 12.2. The van der Waals surface area contributed by atoms with Gasteiger partial charge in [-0.3, -0.25) is 9.78 Å². The van der Waals surface area contributed by atoms with Gasteiger partial charge in [-0.1, -0.05) is 29.8 Å². The number of nitrogens with one attached hydrogen (secondary N) is 1. The lowest BCUT2D eigenvalue weighted by molar-refractivity contribution is 0.0950. The summed E-state index contributed by atoms with van der Waals surface area (Å²) in [6.45, 7) is 2.56. The van der Waals surface area contributed by atoms with E-state index in [0.29, 0.717) is 12.1 Å². The molecule has 0 aliphatic heterocycles. The molecule has 2 heterocycles. The standard InChI is InChI=1S/C18H16N2OS/c1-13-3-2-4-14(9-13)10-20-18(21)15-5-6-17(19-11-15)16-7-8-22-12-16/h2-9,11-12H,10H2,1H3,(H,20,21). The Bertz CT molecular complexity index is 764. The predicted octanol–water partition coefficient (Wildman–Crippen LogP) is 4.05. The summed E-state index contributed by atoms with van der Waals surface area (Å²) in [4.78, 5) is 16.5. The highest BCUT2D eigenvalue weighted by molar-refractivity contribution is 7.08. The Balaban J connectivity index is 1.65. The van der Waals surface area contributed by atoms with Crippen molar-refractivity contribution in [1.82, 2.24) is 10.3 Å². The molecule has 110 valence electrons. The minimum atomic E-state index is -0.106. The Labute approximate surface area is 133 Å². The summed E-state index contributed by atoms with van der Waals surface area (Å²) in [6.07, 6.45) is 1.62. The predicted molar refractivity (Wildman–Crippen MR) is 89.9 cm³/mol. The molecule has 0 atom stereocenters. The summed E-state index contributed by atoms with van der Waals surface area (Å²) < 4.78 is 0. The van der Waals surface area contributed by atoms with Gasteiger partial charge in [0.15, 0.2) is 0 Å². The fourth-order valence-electron chi connectivity index (χ4n) is 2.22. The minimum absolute atomic E-state index is 0.106. The second-order valence-electron chi connectivity index (χ2n) is 5.12. The number of thiophene rings is 1. The van der Waals surface area contributed by atoms with Crippen LogP contribution in [0.5, 0.6) is 0 Å². The largest absolute Gasteiger partial charge is 0.348 e. The highest BCUT2D eigenvalue weighted by atomic mass is 32.1. The number of carbonyl (C=O) groups is 1. The van der Waals surface area contributed by atoms with Crippen molar-refractivity contribution in [2.75, 3.05) is 0 Å². The van der Waals surface area contributed by atoms with E-state index < -0.39 is 0 Å². The number of hydrogen-bond donors (Lipinski definition) is 1. The van der Waals surface area contributed by atoms with Crippen molar-refractivity contribution in [2.45, 2.75) is 13.5 Å². The third-order valence-corrected chi connectivity index (χ3v) is 4.06. The first-order valence-corrected chi connectivity index (χ1v) is 7.99. The molecule has 0 spiro atoms. The van der Waals surface area contributed by atoms with Crippen molar-refractivity contribution in [3.8, 4) is 11.3 Å². The summed E-state index contributed by atoms with van der Waals surface area (Å²) in [5.74, 6) is -0.106. The molecule has 0 saturated heterocycles. The quantitative estimate of drug-likeness (QED) is 0.790. The van der Waals surface area contributed by atoms with Gasteiger partial charge in [0.05, 0.1) is 11.3 Å². The smallest absolute Gasteiger partial charge is 0.253 e. The molecule has 0 bridgehead atoms. The lowest BCUT2D eigenvalue weighted by atomic mass is 10.1. The number of amides is 1. The van der Waals surface area contributed by atoms with Gasteiger partial charge in [-0.05, 0) is 36.1 Å². The van der Waals surface area contributed by atoms with E-state index in [1.54, 1.807) is 17.5 Å². The molecular weight excluding hydrogens is 292 g/mol. The SMILES string of the molecule is Cc1cccc(CNC(=O)c2ccc(-c3ccsc3)nc2)c1. The Kier molecular flexibility index (Phi) is 4.30. The second kappa shape index (κ2) is 6.54. The van der Waals surface area contributed by atoms with E-state index in [9.17, 15) is 4.79 Å². The molecule has 0 aliphatic rings. The van der Waals surface area contributed by atoms with Crippen molar-refractivity contribution < 1.29 is 4.79 Å². The monoisotopic (exact) mass is 308 g/mol. The van der Waals surface area contributed by atoms with Crippen LogP contribution in [0.1, 0.15) is 21.5 Å². The Morgan fingerprint density at radius 1 is 1.23 bits per heavy atom. The molecule has 3 aromatic rings. The van der Waals surface area contributed by atoms with Crippen LogP contribution in [0.4, 0.5) is 0 Å². The first kappa shape index (κ1) is 14.5. The first-order chi connectivity index (χ1) is 10.7. The van der Waals surface area contributed by atoms with Crippen LogP contribution in [0, 0.1) is 6.92 Å². The van der Waals surface area contributed by atoms with E-state index in [1.165, 1.54) is 5.56 Å². The molecule has 1 N–H and O–H groups in total. The van der Waals surface area contributed by atoms with Gasteiger partial charge in [0.25, 0.3) is 5.91 Å². The highest BCUT2D eigenvalue weighted by Gasteiger charge is 2.07. The van der Waals surface area contributed by atoms with Crippen molar-refractivity contribution in [1.29, 1.82) is 0 Å². The summed E-state index contributed by atoms with van der Waals surface area (Å²) in [7, 11) is 0. The Morgan fingerprint density at radius 3 is 2.82 bits per heavy atom. The lowest BCUT2D eigenvalue weighted by Gasteiger charge is -2.06. The zero-order chi connectivity index (χ0) is 15.4. The van der Waals surface area contributed by atoms with Gasteiger partial charge in [-0.2, -0.15) is 11.3 Å². The van der Waals surface area contributed by atoms with E-state index in [1.807, 2.05) is 54.1 Å². The molecule has 0 unspecified atom stereocenters. The van der Waals surface area contributed by atoms with E-state index in [-0.39, 0.29) is 5.91 Å². The fourth-order valence-corrected chi connectivity index (χ4v) is 2.87. The minimum Gasteiger partial charge on any atom is -0.348 e. The maximum atomic E-state index is 12.2. The molecular formula is C18H16N2OS. The van der Waals surface area contributed by atoms with Gasteiger partial charge in [0.1, 0.15) is 0 Å². The number of hydrogen-bond acceptors (Lipinski definition) is 3. The van der Waals surface area contributed by atoms with Gasteiger partial charge in [-0.15, -0.1) is 0 Å². The Hall–Kier alpha value is -2.46. The molecule has 1 aromatic carbocycles. The zero-order valence-corrected chi connectivity index (χ0v) is 13.1. The molecule has 1 amide bonds. The van der Waals surface area contributed by atoms with E-state index in [2.05, 4.69) is 16.4 Å². The molecule has 22 heavy (non-hydrogen) atoms. The molecule has 0 saturated carbocycles. The van der Waals surface area contributed by atoms with Crippen LogP contribution >= 0.6 is 11.3 Å². The molecule has 0 radical (unpaired) electrons. The van der Waals surface area contributed by atoms with Crippen molar-refractivity contribution in [3.05, 3.63) is 76.1 Å². The average Bonchev–Trinajstić information content (AvgIpc) is 3.07. The number of aryl methyl sites for hydroxylation is 1.